The summed E-state index contributed by atoms with van der Waals surface area (Å²) in [7, 11) is 5.38. The van der Waals surface area contributed by atoms with Crippen molar-refractivity contribution in [2.75, 3.05) is 58.0 Å². The van der Waals surface area contributed by atoms with Gasteiger partial charge in [0.15, 0.2) is 0 Å². The Labute approximate surface area is 246 Å². The molecule has 1 fully saturated rings. The number of nitrogen functional groups attached to an aromatic ring is 1. The Hall–Kier alpha value is -4.07. The third kappa shape index (κ3) is 6.64. The van der Waals surface area contributed by atoms with Gasteiger partial charge in [-0.05, 0) is 42.9 Å². The highest BCUT2D eigenvalue weighted by atomic mass is 35.5. The molecule has 0 spiro atoms. The Kier molecular flexibility index (Phi) is 8.47. The van der Waals surface area contributed by atoms with Crippen molar-refractivity contribution >= 4 is 57.8 Å². The Morgan fingerprint density at radius 3 is 2.61 bits per heavy atom. The number of ether oxygens (including phenoxy) is 1. The van der Waals surface area contributed by atoms with Gasteiger partial charge < -0.3 is 30.5 Å². The third-order valence-corrected chi connectivity index (χ3v) is 7.64. The molecule has 41 heavy (non-hydrogen) atoms. The topological polar surface area (TPSA) is 143 Å². The highest BCUT2D eigenvalue weighted by Gasteiger charge is 2.25. The molecule has 5 rings (SSSR count). The molecule has 2 aromatic carbocycles. The second kappa shape index (κ2) is 12.2. The van der Waals surface area contributed by atoms with Crippen molar-refractivity contribution in [3.63, 3.8) is 0 Å². The number of fused-ring (bicyclic) bond motifs is 1. The average molecular weight is 596 g/mol. The van der Waals surface area contributed by atoms with Crippen LogP contribution < -0.4 is 20.7 Å². The number of nitrogens with two attached hydrogens (primary N) is 1. The minimum absolute atomic E-state index is 0.140. The predicted octanol–water partition coefficient (Wildman–Crippen LogP) is 2.69. The zero-order chi connectivity index (χ0) is 29.1. The second-order valence-corrected chi connectivity index (χ2v) is 10.9. The van der Waals surface area contributed by atoms with Gasteiger partial charge in [0.2, 0.25) is 17.0 Å². The minimum Gasteiger partial charge on any atom is -0.436 e. The van der Waals surface area contributed by atoms with Crippen LogP contribution in [0.3, 0.4) is 0 Å². The molecule has 4 aromatic rings. The molecule has 2 amide bonds. The van der Waals surface area contributed by atoms with E-state index in [1.54, 1.807) is 44.4 Å². The maximum Gasteiger partial charge on any atom is 0.270 e. The number of benzene rings is 2. The largest absolute Gasteiger partial charge is 0.436 e. The van der Waals surface area contributed by atoms with E-state index in [9.17, 15) is 9.59 Å². The summed E-state index contributed by atoms with van der Waals surface area (Å²) in [6.07, 6.45) is 0.235. The lowest BCUT2D eigenvalue weighted by atomic mass is 10.0. The smallest absolute Gasteiger partial charge is 0.270 e. The summed E-state index contributed by atoms with van der Waals surface area (Å²) in [5, 5.41) is 3.88. The molecule has 14 heteroatoms. The van der Waals surface area contributed by atoms with Crippen molar-refractivity contribution in [2.45, 2.75) is 12.5 Å². The number of amides is 2. The van der Waals surface area contributed by atoms with Gasteiger partial charge in [0.1, 0.15) is 17.6 Å². The van der Waals surface area contributed by atoms with E-state index in [4.69, 9.17) is 22.1 Å². The van der Waals surface area contributed by atoms with Crippen LogP contribution in [0.15, 0.2) is 42.5 Å². The molecule has 0 bridgehead atoms. The number of nitrogens with one attached hydrogen (secondary N) is 1. The van der Waals surface area contributed by atoms with Crippen molar-refractivity contribution in [1.82, 2.24) is 33.8 Å². The monoisotopic (exact) mass is 595 g/mol. The first-order chi connectivity index (χ1) is 19.7. The summed E-state index contributed by atoms with van der Waals surface area (Å²) < 4.78 is 13.7. The molecule has 1 saturated heterocycles. The zero-order valence-electron chi connectivity index (χ0n) is 22.9. The van der Waals surface area contributed by atoms with Gasteiger partial charge in [0.25, 0.3) is 11.8 Å². The molecule has 1 unspecified atom stereocenters. The Morgan fingerprint density at radius 2 is 1.90 bits per heavy atom. The minimum atomic E-state index is -0.829. The average Bonchev–Trinajstić information content (AvgIpc) is 3.35. The number of carbonyl (C=O) groups excluding carboxylic acids is 2. The number of rotatable bonds is 8. The zero-order valence-corrected chi connectivity index (χ0v) is 24.4. The number of hydrogen-bond acceptors (Lipinski definition) is 11. The number of hydrogen-bond donors (Lipinski definition) is 2. The van der Waals surface area contributed by atoms with Gasteiger partial charge in [-0.25, -0.2) is 4.98 Å². The maximum atomic E-state index is 13.4. The molecule has 0 radical (unpaired) electrons. The third-order valence-electron chi connectivity index (χ3n) is 6.78. The molecule has 0 aliphatic carbocycles. The highest BCUT2D eigenvalue weighted by Crippen LogP contribution is 2.28. The number of carbonyl (C=O) groups is 2. The fraction of sp³-hybridized carbons (Fsp3) is 0.333. The lowest BCUT2D eigenvalue weighted by Gasteiger charge is -2.33. The molecule has 3 heterocycles. The fourth-order valence-electron chi connectivity index (χ4n) is 4.60. The summed E-state index contributed by atoms with van der Waals surface area (Å²) in [5.41, 5.74) is 7.75. The number of likely N-dealkylation sites (N-methyl/N-ethyl adjacent to an activating group) is 2. The number of anilines is 2. The molecular formula is C27H30ClN9O3S. The standard InChI is InChI=1S/C27H30ClN9O3S/c1-35(2)26(39)21(14-16-5-4-6-18(13-16)40-25-22(28)33-41-34-25)30-24(38)17-7-8-19-20(15-17)31-27(29)32-23(19)37-11-9-36(3)10-12-37/h4-8,13,15,21H,9-12,14H2,1-3H3,(H,30,38)(H2,29,31,32). The van der Waals surface area contributed by atoms with E-state index in [-0.39, 0.29) is 29.3 Å². The van der Waals surface area contributed by atoms with Crippen molar-refractivity contribution in [2.24, 2.45) is 0 Å². The summed E-state index contributed by atoms with van der Waals surface area (Å²) in [6.45, 7) is 3.47. The summed E-state index contributed by atoms with van der Waals surface area (Å²) in [4.78, 5) is 41.3. The summed E-state index contributed by atoms with van der Waals surface area (Å²) >= 11 is 6.95. The number of piperazine rings is 1. The summed E-state index contributed by atoms with van der Waals surface area (Å²) in [6, 6.07) is 11.6. The Balaban J connectivity index is 1.36. The SMILES string of the molecule is CN1CCN(c2nc(N)nc3cc(C(=O)NC(Cc4cccc(Oc5nsnc5Cl)c4)C(=O)N(C)C)ccc23)CC1. The van der Waals surface area contributed by atoms with E-state index in [0.717, 1.165) is 54.7 Å². The van der Waals surface area contributed by atoms with E-state index < -0.39 is 11.9 Å². The van der Waals surface area contributed by atoms with Crippen molar-refractivity contribution in [3.8, 4) is 11.6 Å². The first-order valence-corrected chi connectivity index (χ1v) is 14.1. The quantitative estimate of drug-likeness (QED) is 0.312. The van der Waals surface area contributed by atoms with E-state index in [1.807, 2.05) is 12.1 Å². The van der Waals surface area contributed by atoms with Crippen LogP contribution in [0.25, 0.3) is 10.9 Å². The molecule has 1 aliphatic rings. The molecule has 2 aromatic heterocycles. The molecule has 1 atom stereocenters. The maximum absolute atomic E-state index is 13.4. The number of aromatic nitrogens is 4. The van der Waals surface area contributed by atoms with E-state index in [1.165, 1.54) is 4.90 Å². The second-order valence-electron chi connectivity index (χ2n) is 10.0. The Morgan fingerprint density at radius 1 is 1.12 bits per heavy atom. The highest BCUT2D eigenvalue weighted by molar-refractivity contribution is 6.99. The molecule has 3 N–H and O–H groups in total. The molecule has 1 aliphatic heterocycles. The van der Waals surface area contributed by atoms with Crippen LogP contribution in [-0.4, -0.2) is 93.7 Å². The van der Waals surface area contributed by atoms with Crippen LogP contribution >= 0.6 is 23.3 Å². The van der Waals surface area contributed by atoms with Gasteiger partial charge >= 0.3 is 0 Å². The fourth-order valence-corrected chi connectivity index (χ4v) is 5.21. The van der Waals surface area contributed by atoms with Gasteiger partial charge in [-0.1, -0.05) is 23.7 Å². The van der Waals surface area contributed by atoms with E-state index in [0.29, 0.717) is 16.8 Å². The van der Waals surface area contributed by atoms with Crippen LogP contribution in [0.1, 0.15) is 15.9 Å². The first-order valence-electron chi connectivity index (χ1n) is 13.0. The van der Waals surface area contributed by atoms with Gasteiger partial charge in [-0.3, -0.25) is 9.59 Å². The van der Waals surface area contributed by atoms with Crippen LogP contribution in [-0.2, 0) is 11.2 Å². The molecule has 12 nitrogen and oxygen atoms in total. The van der Waals surface area contributed by atoms with Crippen molar-refractivity contribution in [3.05, 3.63) is 58.7 Å². The normalized spacial score (nSPS) is 14.6. The lowest BCUT2D eigenvalue weighted by Crippen LogP contribution is -2.47. The number of halogens is 1. The van der Waals surface area contributed by atoms with Crippen LogP contribution in [0, 0.1) is 0 Å². The van der Waals surface area contributed by atoms with E-state index >= 15 is 0 Å². The van der Waals surface area contributed by atoms with Gasteiger partial charge in [-0.2, -0.15) is 9.36 Å². The van der Waals surface area contributed by atoms with Gasteiger partial charge in [0, 0.05) is 57.6 Å². The lowest BCUT2D eigenvalue weighted by molar-refractivity contribution is -0.130. The van der Waals surface area contributed by atoms with Gasteiger partial charge in [0.05, 0.1) is 17.2 Å². The van der Waals surface area contributed by atoms with E-state index in [2.05, 4.69) is 40.9 Å². The molecular weight excluding hydrogens is 566 g/mol. The van der Waals surface area contributed by atoms with Crippen LogP contribution in [0.2, 0.25) is 5.15 Å². The van der Waals surface area contributed by atoms with Crippen LogP contribution in [0.4, 0.5) is 11.8 Å². The summed E-state index contributed by atoms with van der Waals surface area (Å²) in [5.74, 6) is 0.938. The molecule has 214 valence electrons. The van der Waals surface area contributed by atoms with Crippen molar-refractivity contribution < 1.29 is 14.3 Å². The van der Waals surface area contributed by atoms with Crippen molar-refractivity contribution in [1.29, 1.82) is 0 Å². The first kappa shape index (κ1) is 28.5. The molecule has 0 saturated carbocycles. The van der Waals surface area contributed by atoms with Gasteiger partial charge in [-0.15, -0.1) is 4.37 Å². The Bertz CT molecular complexity index is 1570. The van der Waals surface area contributed by atoms with Crippen LogP contribution in [0.5, 0.6) is 11.6 Å². The number of nitrogens with zero attached hydrogens (tertiary/aromatic N) is 7. The predicted molar refractivity (Wildman–Crippen MR) is 159 cm³/mol.